The molecule has 0 aromatic heterocycles. The topological polar surface area (TPSA) is 116 Å². The first-order chi connectivity index (χ1) is 14.3. The summed E-state index contributed by atoms with van der Waals surface area (Å²) in [7, 11) is 0. The van der Waals surface area contributed by atoms with Crippen LogP contribution < -0.4 is 0 Å². The van der Waals surface area contributed by atoms with Gasteiger partial charge in [-0.05, 0) is 39.2 Å². The second-order valence-corrected chi connectivity index (χ2v) is 8.34. The van der Waals surface area contributed by atoms with E-state index >= 15 is 0 Å². The fourth-order valence-electron chi connectivity index (χ4n) is 3.52. The van der Waals surface area contributed by atoms with Crippen molar-refractivity contribution < 1.29 is 38.5 Å². The van der Waals surface area contributed by atoms with Crippen LogP contribution in [0.4, 0.5) is 0 Å². The highest BCUT2D eigenvalue weighted by Crippen LogP contribution is 2.40. The molecule has 8 heteroatoms. The molecule has 0 bridgehead atoms. The van der Waals surface area contributed by atoms with E-state index in [2.05, 4.69) is 19.7 Å². The Labute approximate surface area is 181 Å². The minimum atomic E-state index is -2.30. The van der Waals surface area contributed by atoms with E-state index in [-0.39, 0.29) is 22.6 Å². The van der Waals surface area contributed by atoms with Crippen LogP contribution in [0, 0.1) is 11.8 Å². The van der Waals surface area contributed by atoms with Gasteiger partial charge in [0.1, 0.15) is 6.10 Å². The van der Waals surface area contributed by atoms with Crippen LogP contribution in [0.3, 0.4) is 0 Å². The van der Waals surface area contributed by atoms with E-state index in [9.17, 15) is 24.3 Å². The zero-order chi connectivity index (χ0) is 23.7. The molecule has 0 amide bonds. The molecule has 0 spiro atoms. The van der Waals surface area contributed by atoms with Gasteiger partial charge in [-0.25, -0.2) is 14.4 Å². The van der Waals surface area contributed by atoms with Gasteiger partial charge in [-0.1, -0.05) is 32.7 Å². The fraction of sp³-hybridized carbons (Fsp3) is 0.478. The number of carbonyl (C=O) groups excluding carboxylic acids is 4. The number of rotatable bonds is 4. The van der Waals surface area contributed by atoms with E-state index in [0.29, 0.717) is 6.42 Å². The summed E-state index contributed by atoms with van der Waals surface area (Å²) in [6.45, 7) is 16.6. The Kier molecular flexibility index (Phi) is 7.06. The van der Waals surface area contributed by atoms with Crippen molar-refractivity contribution in [1.29, 1.82) is 0 Å². The minimum absolute atomic E-state index is 0.00334. The summed E-state index contributed by atoms with van der Waals surface area (Å²) >= 11 is 0. The normalized spacial score (nSPS) is 34.2. The minimum Gasteiger partial charge on any atom is -0.458 e. The van der Waals surface area contributed by atoms with Gasteiger partial charge in [0.15, 0.2) is 23.6 Å². The number of ether oxygens (including phenoxy) is 3. The summed E-state index contributed by atoms with van der Waals surface area (Å²) < 4.78 is 16.4. The zero-order valence-corrected chi connectivity index (χ0v) is 18.2. The van der Waals surface area contributed by atoms with E-state index < -0.39 is 53.5 Å². The van der Waals surface area contributed by atoms with Crippen molar-refractivity contribution in [2.75, 3.05) is 0 Å². The second-order valence-electron chi connectivity index (χ2n) is 8.34. The van der Waals surface area contributed by atoms with Crippen LogP contribution in [0.1, 0.15) is 34.1 Å². The summed E-state index contributed by atoms with van der Waals surface area (Å²) in [5, 5.41) is 11.2. The quantitative estimate of drug-likeness (QED) is 0.407. The number of ketones is 1. The molecule has 1 N–H and O–H groups in total. The van der Waals surface area contributed by atoms with Gasteiger partial charge in [-0.3, -0.25) is 4.79 Å². The van der Waals surface area contributed by atoms with Crippen LogP contribution in [0.2, 0.25) is 0 Å². The Morgan fingerprint density at radius 3 is 2.26 bits per heavy atom. The first-order valence-corrected chi connectivity index (χ1v) is 9.85. The molecule has 31 heavy (non-hydrogen) atoms. The molecule has 6 atom stereocenters. The molecule has 0 aromatic carbocycles. The number of hydrogen-bond acceptors (Lipinski definition) is 8. The van der Waals surface area contributed by atoms with Crippen molar-refractivity contribution in [2.45, 2.75) is 58.0 Å². The predicted molar refractivity (Wildman–Crippen MR) is 110 cm³/mol. The summed E-state index contributed by atoms with van der Waals surface area (Å²) in [4.78, 5) is 50.0. The van der Waals surface area contributed by atoms with Crippen LogP contribution in [0.25, 0.3) is 0 Å². The van der Waals surface area contributed by atoms with Gasteiger partial charge in [0.25, 0.3) is 0 Å². The molecule has 1 fully saturated rings. The van der Waals surface area contributed by atoms with E-state index in [1.54, 1.807) is 13.0 Å². The largest absolute Gasteiger partial charge is 0.458 e. The lowest BCUT2D eigenvalue weighted by molar-refractivity contribution is -0.193. The molecule has 1 saturated heterocycles. The van der Waals surface area contributed by atoms with Crippen LogP contribution >= 0.6 is 0 Å². The highest BCUT2D eigenvalue weighted by atomic mass is 16.6. The maximum absolute atomic E-state index is 12.8. The zero-order valence-electron chi connectivity index (χ0n) is 18.2. The summed E-state index contributed by atoms with van der Waals surface area (Å²) in [6.07, 6.45) is -0.865. The molecular formula is C23H28O8. The number of hydrogen-bond donors (Lipinski definition) is 1. The highest BCUT2D eigenvalue weighted by molar-refractivity contribution is 5.98. The third-order valence-corrected chi connectivity index (χ3v) is 5.38. The Morgan fingerprint density at radius 1 is 1.16 bits per heavy atom. The molecular weight excluding hydrogens is 404 g/mol. The van der Waals surface area contributed by atoms with Crippen molar-refractivity contribution in [1.82, 2.24) is 0 Å². The van der Waals surface area contributed by atoms with E-state index in [1.165, 1.54) is 19.9 Å². The molecule has 0 aromatic rings. The molecule has 2 rings (SSSR count). The van der Waals surface area contributed by atoms with Crippen LogP contribution in [0.5, 0.6) is 0 Å². The first-order valence-electron chi connectivity index (χ1n) is 9.85. The first kappa shape index (κ1) is 24.3. The number of carbonyl (C=O) groups is 4. The summed E-state index contributed by atoms with van der Waals surface area (Å²) in [5.74, 6) is -4.39. The lowest BCUT2D eigenvalue weighted by Crippen LogP contribution is -2.58. The Morgan fingerprint density at radius 2 is 1.71 bits per heavy atom. The van der Waals surface area contributed by atoms with Crippen LogP contribution in [-0.4, -0.2) is 52.7 Å². The Bertz CT molecular complexity index is 878. The third-order valence-electron chi connectivity index (χ3n) is 5.38. The number of esters is 3. The Hall–Kier alpha value is -3.00. The lowest BCUT2D eigenvalue weighted by Gasteiger charge is -2.39. The molecule has 168 valence electrons. The maximum atomic E-state index is 12.8. The number of aliphatic hydroxyl groups is 1. The van der Waals surface area contributed by atoms with Gasteiger partial charge >= 0.3 is 17.9 Å². The van der Waals surface area contributed by atoms with Crippen molar-refractivity contribution in [2.24, 2.45) is 11.8 Å². The van der Waals surface area contributed by atoms with Gasteiger partial charge in [0.2, 0.25) is 0 Å². The van der Waals surface area contributed by atoms with E-state index in [0.717, 1.165) is 6.92 Å². The molecule has 1 aliphatic carbocycles. The van der Waals surface area contributed by atoms with Crippen LogP contribution in [0.15, 0.2) is 48.6 Å². The highest BCUT2D eigenvalue weighted by Gasteiger charge is 2.56. The van der Waals surface area contributed by atoms with Gasteiger partial charge in [0.05, 0.1) is 5.92 Å². The van der Waals surface area contributed by atoms with Crippen molar-refractivity contribution in [3.8, 4) is 0 Å². The Balaban J connectivity index is 2.71. The van der Waals surface area contributed by atoms with Crippen molar-refractivity contribution in [3.63, 3.8) is 0 Å². The number of fused-ring (bicyclic) bond motifs is 1. The molecule has 8 nitrogen and oxygen atoms in total. The van der Waals surface area contributed by atoms with Crippen molar-refractivity contribution in [3.05, 3.63) is 48.6 Å². The predicted octanol–water partition coefficient (Wildman–Crippen LogP) is 1.98. The van der Waals surface area contributed by atoms with Gasteiger partial charge in [-0.2, -0.15) is 0 Å². The van der Waals surface area contributed by atoms with E-state index in [4.69, 9.17) is 14.2 Å². The monoisotopic (exact) mass is 432 g/mol. The SMILES string of the molecule is C=C(C)C(=O)O[C@H]1[C@H]2C(=C)C(=O)O[C@@H]2C[C@@H](C)/C=C\C(=O)C(C)(O)[C@@H]1OC(=O)C(=C)C. The maximum Gasteiger partial charge on any atom is 0.334 e. The second kappa shape index (κ2) is 9.01. The summed E-state index contributed by atoms with van der Waals surface area (Å²) in [5.41, 5.74) is -2.27. The van der Waals surface area contributed by atoms with Crippen LogP contribution in [-0.2, 0) is 33.4 Å². The van der Waals surface area contributed by atoms with Crippen molar-refractivity contribution >= 4 is 23.7 Å². The molecule has 2 aliphatic rings. The molecule has 1 heterocycles. The lowest BCUT2D eigenvalue weighted by atomic mass is 9.77. The molecule has 1 aliphatic heterocycles. The van der Waals surface area contributed by atoms with Gasteiger partial charge < -0.3 is 19.3 Å². The average molecular weight is 432 g/mol. The molecule has 0 saturated carbocycles. The smallest absolute Gasteiger partial charge is 0.334 e. The molecule has 1 unspecified atom stereocenters. The molecule has 0 radical (unpaired) electrons. The number of allylic oxidation sites excluding steroid dienone is 1. The van der Waals surface area contributed by atoms with Gasteiger partial charge in [-0.15, -0.1) is 0 Å². The average Bonchev–Trinajstić information content (AvgIpc) is 2.94. The third kappa shape index (κ3) is 5.02. The van der Waals surface area contributed by atoms with Gasteiger partial charge in [0, 0.05) is 16.7 Å². The fourth-order valence-corrected chi connectivity index (χ4v) is 3.52. The van der Waals surface area contributed by atoms with E-state index in [1.807, 2.05) is 0 Å². The summed E-state index contributed by atoms with van der Waals surface area (Å²) in [6, 6.07) is 0. The standard InChI is InChI=1S/C23H28O8/c1-11(2)20(25)30-18-17-14(6)22(27)29-15(17)10-13(5)8-9-16(24)23(7,28)19(18)31-21(26)12(3)4/h8-9,13,15,17-19,28H,1,3,6,10H2,2,4-5,7H3/b9-8-/t13-,15+,17-,18-,19+,23?/m0/s1.